The fourth-order valence-electron chi connectivity index (χ4n) is 2.95. The van der Waals surface area contributed by atoms with Crippen molar-refractivity contribution in [1.82, 2.24) is 5.32 Å². The van der Waals surface area contributed by atoms with Gasteiger partial charge in [-0.05, 0) is 50.1 Å². The van der Waals surface area contributed by atoms with Gasteiger partial charge in [0.25, 0.3) is 0 Å². The molecule has 2 aliphatic heterocycles. The lowest BCUT2D eigenvalue weighted by atomic mass is 10.0. The number of benzene rings is 1. The molecule has 0 aliphatic carbocycles. The first kappa shape index (κ1) is 14.1. The molecule has 21 heavy (non-hydrogen) atoms. The standard InChI is InChI=1S/C16H21N3O2/c20-15-5-3-11-19(15)13-8-6-12(7-9-13)18-16(21)14-4-1-2-10-17-14/h6-9,14,17H,1-5,10-11H2,(H,18,21)/t14-/m0/s1. The van der Waals surface area contributed by atoms with Gasteiger partial charge in [0.2, 0.25) is 11.8 Å². The summed E-state index contributed by atoms with van der Waals surface area (Å²) in [7, 11) is 0. The molecule has 1 aromatic carbocycles. The van der Waals surface area contributed by atoms with Gasteiger partial charge in [0.05, 0.1) is 6.04 Å². The first-order chi connectivity index (χ1) is 10.2. The number of rotatable bonds is 3. The van der Waals surface area contributed by atoms with Crippen molar-refractivity contribution < 1.29 is 9.59 Å². The van der Waals surface area contributed by atoms with Crippen molar-refractivity contribution in [3.8, 4) is 0 Å². The molecule has 0 aromatic heterocycles. The molecule has 0 radical (unpaired) electrons. The summed E-state index contributed by atoms with van der Waals surface area (Å²) in [6, 6.07) is 7.43. The van der Waals surface area contributed by atoms with Gasteiger partial charge >= 0.3 is 0 Å². The molecule has 2 fully saturated rings. The number of piperidine rings is 1. The summed E-state index contributed by atoms with van der Waals surface area (Å²) >= 11 is 0. The van der Waals surface area contributed by atoms with Crippen LogP contribution in [-0.2, 0) is 9.59 Å². The quantitative estimate of drug-likeness (QED) is 0.892. The van der Waals surface area contributed by atoms with Crippen LogP contribution in [0.25, 0.3) is 0 Å². The maximum Gasteiger partial charge on any atom is 0.241 e. The van der Waals surface area contributed by atoms with Crippen molar-refractivity contribution in [3.05, 3.63) is 24.3 Å². The molecule has 5 heteroatoms. The lowest BCUT2D eigenvalue weighted by Gasteiger charge is -2.22. The van der Waals surface area contributed by atoms with Crippen LogP contribution in [0.2, 0.25) is 0 Å². The summed E-state index contributed by atoms with van der Waals surface area (Å²) < 4.78 is 0. The van der Waals surface area contributed by atoms with Crippen LogP contribution in [0.4, 0.5) is 11.4 Å². The highest BCUT2D eigenvalue weighted by Crippen LogP contribution is 2.23. The molecule has 2 saturated heterocycles. The summed E-state index contributed by atoms with van der Waals surface area (Å²) in [6.07, 6.45) is 4.69. The summed E-state index contributed by atoms with van der Waals surface area (Å²) in [5.74, 6) is 0.206. The summed E-state index contributed by atoms with van der Waals surface area (Å²) in [5.41, 5.74) is 1.69. The van der Waals surface area contributed by atoms with E-state index in [0.717, 1.165) is 50.1 Å². The van der Waals surface area contributed by atoms with Crippen LogP contribution in [0, 0.1) is 0 Å². The lowest BCUT2D eigenvalue weighted by molar-refractivity contribution is -0.119. The van der Waals surface area contributed by atoms with Gasteiger partial charge in [-0.25, -0.2) is 0 Å². The van der Waals surface area contributed by atoms with E-state index in [4.69, 9.17) is 0 Å². The monoisotopic (exact) mass is 287 g/mol. The Hall–Kier alpha value is -1.88. The predicted octanol–water partition coefficient (Wildman–Crippen LogP) is 1.89. The van der Waals surface area contributed by atoms with Crippen LogP contribution in [0.3, 0.4) is 0 Å². The van der Waals surface area contributed by atoms with Crippen molar-refractivity contribution in [2.75, 3.05) is 23.3 Å². The molecule has 0 spiro atoms. The van der Waals surface area contributed by atoms with Gasteiger partial charge in [-0.15, -0.1) is 0 Å². The third-order valence-electron chi connectivity index (χ3n) is 4.15. The number of carbonyl (C=O) groups excluding carboxylic acids is 2. The average molecular weight is 287 g/mol. The van der Waals surface area contributed by atoms with Crippen LogP contribution in [0.15, 0.2) is 24.3 Å². The number of amides is 2. The zero-order valence-electron chi connectivity index (χ0n) is 12.1. The molecule has 0 saturated carbocycles. The molecular weight excluding hydrogens is 266 g/mol. The van der Waals surface area contributed by atoms with Crippen LogP contribution < -0.4 is 15.5 Å². The SMILES string of the molecule is O=C(Nc1ccc(N2CCCC2=O)cc1)[C@@H]1CCCCN1. The van der Waals surface area contributed by atoms with E-state index in [-0.39, 0.29) is 17.9 Å². The molecule has 0 unspecified atom stereocenters. The molecule has 2 N–H and O–H groups in total. The van der Waals surface area contributed by atoms with Crippen LogP contribution >= 0.6 is 0 Å². The van der Waals surface area contributed by atoms with E-state index < -0.39 is 0 Å². The smallest absolute Gasteiger partial charge is 0.241 e. The van der Waals surface area contributed by atoms with Gasteiger partial charge in [-0.2, -0.15) is 0 Å². The van der Waals surface area contributed by atoms with Crippen molar-refractivity contribution in [2.45, 2.75) is 38.1 Å². The Morgan fingerprint density at radius 1 is 1.19 bits per heavy atom. The molecule has 2 amide bonds. The highest BCUT2D eigenvalue weighted by Gasteiger charge is 2.22. The topological polar surface area (TPSA) is 61.4 Å². The molecule has 3 rings (SSSR count). The number of hydrogen-bond donors (Lipinski definition) is 2. The van der Waals surface area contributed by atoms with E-state index in [1.807, 2.05) is 24.3 Å². The van der Waals surface area contributed by atoms with Gasteiger partial charge in [0.15, 0.2) is 0 Å². The fourth-order valence-corrected chi connectivity index (χ4v) is 2.95. The Balaban J connectivity index is 1.61. The Labute approximate surface area is 124 Å². The molecular formula is C16H21N3O2. The maximum atomic E-state index is 12.1. The van der Waals surface area contributed by atoms with E-state index in [1.165, 1.54) is 0 Å². The third-order valence-corrected chi connectivity index (χ3v) is 4.15. The number of nitrogens with one attached hydrogen (secondary N) is 2. The summed E-state index contributed by atoms with van der Waals surface area (Å²) in [6.45, 7) is 1.70. The summed E-state index contributed by atoms with van der Waals surface area (Å²) in [4.78, 5) is 25.6. The highest BCUT2D eigenvalue weighted by atomic mass is 16.2. The molecule has 0 bridgehead atoms. The first-order valence-electron chi connectivity index (χ1n) is 7.69. The van der Waals surface area contributed by atoms with Crippen LogP contribution in [-0.4, -0.2) is 30.9 Å². The lowest BCUT2D eigenvalue weighted by Crippen LogP contribution is -2.43. The number of anilines is 2. The second kappa shape index (κ2) is 6.26. The number of nitrogens with zero attached hydrogens (tertiary/aromatic N) is 1. The normalized spacial score (nSPS) is 22.4. The van der Waals surface area contributed by atoms with E-state index in [2.05, 4.69) is 10.6 Å². The predicted molar refractivity (Wildman–Crippen MR) is 82.3 cm³/mol. The van der Waals surface area contributed by atoms with Crippen LogP contribution in [0.1, 0.15) is 32.1 Å². The minimum absolute atomic E-state index is 0.0275. The highest BCUT2D eigenvalue weighted by molar-refractivity contribution is 5.97. The minimum atomic E-state index is -0.0846. The van der Waals surface area contributed by atoms with E-state index >= 15 is 0 Å². The Kier molecular flexibility index (Phi) is 4.20. The van der Waals surface area contributed by atoms with Crippen molar-refractivity contribution in [3.63, 3.8) is 0 Å². The fraction of sp³-hybridized carbons (Fsp3) is 0.500. The van der Waals surface area contributed by atoms with Gasteiger partial charge < -0.3 is 15.5 Å². The summed E-state index contributed by atoms with van der Waals surface area (Å²) in [5, 5.41) is 6.17. The zero-order chi connectivity index (χ0) is 14.7. The van der Waals surface area contributed by atoms with E-state index in [1.54, 1.807) is 4.90 Å². The molecule has 2 heterocycles. The van der Waals surface area contributed by atoms with Crippen LogP contribution in [0.5, 0.6) is 0 Å². The van der Waals surface area contributed by atoms with E-state index in [9.17, 15) is 9.59 Å². The van der Waals surface area contributed by atoms with Gasteiger partial charge in [0, 0.05) is 24.3 Å². The average Bonchev–Trinajstić information content (AvgIpc) is 2.95. The van der Waals surface area contributed by atoms with Crippen molar-refractivity contribution in [2.24, 2.45) is 0 Å². The molecule has 1 aromatic rings. The third kappa shape index (κ3) is 3.24. The Bertz CT molecular complexity index is 521. The maximum absolute atomic E-state index is 12.1. The Morgan fingerprint density at radius 3 is 2.62 bits per heavy atom. The van der Waals surface area contributed by atoms with E-state index in [0.29, 0.717) is 6.42 Å². The molecule has 2 aliphatic rings. The molecule has 112 valence electrons. The largest absolute Gasteiger partial charge is 0.325 e. The van der Waals surface area contributed by atoms with Gasteiger partial charge in [-0.1, -0.05) is 6.42 Å². The molecule has 1 atom stereocenters. The number of carbonyl (C=O) groups is 2. The number of hydrogen-bond acceptors (Lipinski definition) is 3. The second-order valence-electron chi connectivity index (χ2n) is 5.69. The van der Waals surface area contributed by atoms with Gasteiger partial charge in [-0.3, -0.25) is 9.59 Å². The zero-order valence-corrected chi connectivity index (χ0v) is 12.1. The second-order valence-corrected chi connectivity index (χ2v) is 5.69. The minimum Gasteiger partial charge on any atom is -0.325 e. The molecule has 5 nitrogen and oxygen atoms in total. The van der Waals surface area contributed by atoms with Crippen molar-refractivity contribution >= 4 is 23.2 Å². The first-order valence-corrected chi connectivity index (χ1v) is 7.69. The van der Waals surface area contributed by atoms with Crippen molar-refractivity contribution in [1.29, 1.82) is 0 Å². The van der Waals surface area contributed by atoms with Gasteiger partial charge in [0.1, 0.15) is 0 Å². The Morgan fingerprint density at radius 2 is 2.00 bits per heavy atom.